The number of anilines is 1. The molecule has 1 amide bonds. The van der Waals surface area contributed by atoms with Crippen molar-refractivity contribution in [2.75, 3.05) is 5.32 Å². The van der Waals surface area contributed by atoms with Crippen LogP contribution in [-0.4, -0.2) is 21.1 Å². The second-order valence-corrected chi connectivity index (χ2v) is 5.03. The van der Waals surface area contributed by atoms with Gasteiger partial charge >= 0.3 is 5.69 Å². The summed E-state index contributed by atoms with van der Waals surface area (Å²) in [5.41, 5.74) is 0.927. The first-order valence-electron chi connectivity index (χ1n) is 6.98. The number of hydrogen-bond acceptors (Lipinski definition) is 6. The van der Waals surface area contributed by atoms with E-state index in [0.717, 1.165) is 5.56 Å². The summed E-state index contributed by atoms with van der Waals surface area (Å²) in [6.07, 6.45) is 0.592. The van der Waals surface area contributed by atoms with Gasteiger partial charge in [-0.15, -0.1) is 0 Å². The molecule has 0 saturated carbocycles. The minimum absolute atomic E-state index is 0.0312. The maximum atomic E-state index is 12.8. The number of aromatic nitrogens is 2. The van der Waals surface area contributed by atoms with E-state index in [2.05, 4.69) is 20.3 Å². The topological polar surface area (TPSA) is 111 Å². The second-order valence-electron chi connectivity index (χ2n) is 5.03. The van der Waals surface area contributed by atoms with Crippen molar-refractivity contribution >= 4 is 28.3 Å². The van der Waals surface area contributed by atoms with Gasteiger partial charge in [0.15, 0.2) is 5.52 Å². The molecule has 1 N–H and O–H groups in total. The van der Waals surface area contributed by atoms with Gasteiger partial charge in [0.1, 0.15) is 5.82 Å². The highest BCUT2D eigenvalue weighted by molar-refractivity contribution is 6.01. The second kappa shape index (κ2) is 6.41. The Morgan fingerprint density at radius 1 is 1.17 bits per heavy atom. The van der Waals surface area contributed by atoms with Crippen molar-refractivity contribution in [2.45, 2.75) is 12.8 Å². The summed E-state index contributed by atoms with van der Waals surface area (Å²) in [4.78, 5) is 22.3. The summed E-state index contributed by atoms with van der Waals surface area (Å²) >= 11 is 0. The van der Waals surface area contributed by atoms with Crippen LogP contribution in [0.1, 0.15) is 12.0 Å². The van der Waals surface area contributed by atoms with Gasteiger partial charge in [0.25, 0.3) is 0 Å². The molecule has 0 aliphatic carbocycles. The number of aryl methyl sites for hydroxylation is 1. The molecule has 0 aliphatic heterocycles. The Kier molecular flexibility index (Phi) is 4.15. The van der Waals surface area contributed by atoms with E-state index < -0.39 is 4.92 Å². The zero-order chi connectivity index (χ0) is 17.1. The summed E-state index contributed by atoms with van der Waals surface area (Å²) in [5.74, 6) is -0.646. The van der Waals surface area contributed by atoms with Crippen molar-refractivity contribution in [2.24, 2.45) is 0 Å². The normalized spacial score (nSPS) is 10.7. The Hall–Kier alpha value is -3.36. The van der Waals surface area contributed by atoms with E-state index in [0.29, 0.717) is 6.42 Å². The lowest BCUT2D eigenvalue weighted by molar-refractivity contribution is -0.383. The molecule has 9 heteroatoms. The number of carbonyl (C=O) groups excluding carboxylic acids is 1. The number of rotatable bonds is 5. The van der Waals surface area contributed by atoms with E-state index in [4.69, 9.17) is 0 Å². The van der Waals surface area contributed by atoms with E-state index in [9.17, 15) is 19.3 Å². The third-order valence-electron chi connectivity index (χ3n) is 3.42. The van der Waals surface area contributed by atoms with Crippen molar-refractivity contribution < 1.29 is 18.7 Å². The molecule has 0 radical (unpaired) electrons. The molecule has 2 aromatic carbocycles. The number of nitro benzene ring substituents is 1. The predicted molar refractivity (Wildman–Crippen MR) is 81.8 cm³/mol. The molecular weight excluding hydrogens is 319 g/mol. The number of non-ortho nitro benzene ring substituents is 1. The van der Waals surface area contributed by atoms with Crippen LogP contribution in [0.5, 0.6) is 0 Å². The maximum absolute atomic E-state index is 12.8. The minimum atomic E-state index is -0.604. The summed E-state index contributed by atoms with van der Waals surface area (Å²) in [5, 5.41) is 20.6. The summed E-state index contributed by atoms with van der Waals surface area (Å²) in [6.45, 7) is 0. The van der Waals surface area contributed by atoms with Gasteiger partial charge in [-0.3, -0.25) is 14.9 Å². The van der Waals surface area contributed by atoms with Crippen molar-refractivity contribution in [1.82, 2.24) is 10.3 Å². The van der Waals surface area contributed by atoms with Gasteiger partial charge in [0.05, 0.1) is 10.6 Å². The molecule has 0 saturated heterocycles. The van der Waals surface area contributed by atoms with E-state index in [-0.39, 0.29) is 40.6 Å². The molecule has 3 aromatic rings. The molecule has 8 nitrogen and oxygen atoms in total. The number of carbonyl (C=O) groups is 1. The molecule has 3 rings (SSSR count). The highest BCUT2D eigenvalue weighted by Gasteiger charge is 2.20. The monoisotopic (exact) mass is 330 g/mol. The number of nitrogens with zero attached hydrogens (tertiary/aromatic N) is 3. The van der Waals surface area contributed by atoms with Crippen molar-refractivity contribution in [3.63, 3.8) is 0 Å². The molecule has 1 aromatic heterocycles. The van der Waals surface area contributed by atoms with Gasteiger partial charge < -0.3 is 5.32 Å². The summed E-state index contributed by atoms with van der Waals surface area (Å²) in [6, 6.07) is 8.47. The SMILES string of the molecule is O=C(CCc1ccc(F)cc1)Nc1ccc([N+](=O)[O-])c2nonc12. The third-order valence-corrected chi connectivity index (χ3v) is 3.42. The van der Waals surface area contributed by atoms with Gasteiger partial charge in [0.2, 0.25) is 11.4 Å². The highest BCUT2D eigenvalue weighted by atomic mass is 19.1. The lowest BCUT2D eigenvalue weighted by Crippen LogP contribution is -2.12. The van der Waals surface area contributed by atoms with Crippen molar-refractivity contribution in [3.05, 3.63) is 57.9 Å². The van der Waals surface area contributed by atoms with Crippen LogP contribution >= 0.6 is 0 Å². The number of halogens is 1. The third kappa shape index (κ3) is 3.19. The van der Waals surface area contributed by atoms with Gasteiger partial charge in [-0.25, -0.2) is 9.02 Å². The number of amides is 1. The number of nitrogens with one attached hydrogen (secondary N) is 1. The van der Waals surface area contributed by atoms with Crippen LogP contribution in [-0.2, 0) is 11.2 Å². The Balaban J connectivity index is 1.71. The molecule has 1 heterocycles. The lowest BCUT2D eigenvalue weighted by atomic mass is 10.1. The van der Waals surface area contributed by atoms with E-state index in [1.165, 1.54) is 24.3 Å². The van der Waals surface area contributed by atoms with Crippen LogP contribution in [0.4, 0.5) is 15.8 Å². The zero-order valence-electron chi connectivity index (χ0n) is 12.2. The smallest absolute Gasteiger partial charge is 0.300 e. The van der Waals surface area contributed by atoms with Crippen LogP contribution < -0.4 is 5.32 Å². The quantitative estimate of drug-likeness (QED) is 0.569. The summed E-state index contributed by atoms with van der Waals surface area (Å²) in [7, 11) is 0. The van der Waals surface area contributed by atoms with Crippen LogP contribution in [0.15, 0.2) is 41.0 Å². The Bertz CT molecular complexity index is 907. The predicted octanol–water partition coefficient (Wildman–Crippen LogP) is 2.84. The number of benzene rings is 2. The Labute approximate surface area is 134 Å². The van der Waals surface area contributed by atoms with Crippen LogP contribution in [0, 0.1) is 15.9 Å². The van der Waals surface area contributed by atoms with E-state index in [1.807, 2.05) is 0 Å². The highest BCUT2D eigenvalue weighted by Crippen LogP contribution is 2.28. The fraction of sp³-hybridized carbons (Fsp3) is 0.133. The molecule has 0 spiro atoms. The molecule has 0 aliphatic rings. The average Bonchev–Trinajstić information content (AvgIpc) is 3.04. The average molecular weight is 330 g/mol. The first-order chi connectivity index (χ1) is 11.5. The molecular formula is C15H11FN4O4. The first kappa shape index (κ1) is 15.5. The molecule has 122 valence electrons. The largest absolute Gasteiger partial charge is 0.324 e. The standard InChI is InChI=1S/C15H11FN4O4/c16-10-4-1-9(2-5-10)3-8-13(21)17-11-6-7-12(20(22)23)15-14(11)18-24-19-15/h1-2,4-7H,3,8H2,(H,17,21). The number of nitro groups is 1. The molecule has 0 atom stereocenters. The maximum Gasteiger partial charge on any atom is 0.300 e. The first-order valence-corrected chi connectivity index (χ1v) is 6.98. The number of hydrogen-bond donors (Lipinski definition) is 1. The van der Waals surface area contributed by atoms with Crippen LogP contribution in [0.3, 0.4) is 0 Å². The van der Waals surface area contributed by atoms with Gasteiger partial charge in [-0.2, -0.15) is 0 Å². The fourth-order valence-electron chi connectivity index (χ4n) is 2.22. The Morgan fingerprint density at radius 2 is 1.88 bits per heavy atom. The minimum Gasteiger partial charge on any atom is -0.324 e. The van der Waals surface area contributed by atoms with E-state index >= 15 is 0 Å². The van der Waals surface area contributed by atoms with Crippen molar-refractivity contribution in [3.8, 4) is 0 Å². The van der Waals surface area contributed by atoms with Gasteiger partial charge in [0, 0.05) is 12.5 Å². The Morgan fingerprint density at radius 3 is 2.58 bits per heavy atom. The summed E-state index contributed by atoms with van der Waals surface area (Å²) < 4.78 is 17.4. The fourth-order valence-corrected chi connectivity index (χ4v) is 2.22. The number of fused-ring (bicyclic) bond motifs is 1. The van der Waals surface area contributed by atoms with Crippen LogP contribution in [0.2, 0.25) is 0 Å². The van der Waals surface area contributed by atoms with Crippen LogP contribution in [0.25, 0.3) is 11.0 Å². The molecule has 0 fully saturated rings. The molecule has 0 unspecified atom stereocenters. The van der Waals surface area contributed by atoms with Crippen molar-refractivity contribution in [1.29, 1.82) is 0 Å². The molecule has 24 heavy (non-hydrogen) atoms. The lowest BCUT2D eigenvalue weighted by Gasteiger charge is -2.05. The van der Waals surface area contributed by atoms with E-state index in [1.54, 1.807) is 12.1 Å². The van der Waals surface area contributed by atoms with Gasteiger partial charge in [-0.05, 0) is 40.5 Å². The van der Waals surface area contributed by atoms with Gasteiger partial charge in [-0.1, -0.05) is 12.1 Å². The zero-order valence-corrected chi connectivity index (χ0v) is 12.2. The molecule has 0 bridgehead atoms.